The van der Waals surface area contributed by atoms with E-state index in [1.807, 2.05) is 0 Å². The van der Waals surface area contributed by atoms with Gasteiger partial charge in [0.1, 0.15) is 0 Å². The Morgan fingerprint density at radius 2 is 1.55 bits per heavy atom. The van der Waals surface area contributed by atoms with Gasteiger partial charge in [0, 0.05) is 12.1 Å². The summed E-state index contributed by atoms with van der Waals surface area (Å²) in [5.41, 5.74) is 0.315. The zero-order valence-corrected chi connectivity index (χ0v) is 13.3. The summed E-state index contributed by atoms with van der Waals surface area (Å²) >= 11 is 0. The fourth-order valence-corrected chi connectivity index (χ4v) is 8.24. The summed E-state index contributed by atoms with van der Waals surface area (Å²) in [6, 6.07) is 0.423. The predicted octanol–water partition coefficient (Wildman–Crippen LogP) is 2.37. The van der Waals surface area contributed by atoms with Crippen molar-refractivity contribution < 1.29 is 8.42 Å². The molecule has 20 heavy (non-hydrogen) atoms. The number of rotatable bonds is 2. The van der Waals surface area contributed by atoms with E-state index in [9.17, 15) is 8.42 Å². The Bertz CT molecular complexity index is 463. The number of nitrogens with one attached hydrogen (secondary N) is 1. The summed E-state index contributed by atoms with van der Waals surface area (Å²) in [4.78, 5) is 0. The van der Waals surface area contributed by atoms with Crippen molar-refractivity contribution in [2.24, 2.45) is 23.2 Å². The topological polar surface area (TPSA) is 46.2 Å². The molecule has 4 bridgehead atoms. The van der Waals surface area contributed by atoms with Gasteiger partial charge >= 0.3 is 0 Å². The Morgan fingerprint density at radius 3 is 2.05 bits per heavy atom. The molecule has 4 aliphatic carbocycles. The molecular formula is C16H27NO2S. The van der Waals surface area contributed by atoms with Crippen LogP contribution in [0.4, 0.5) is 0 Å². The lowest BCUT2D eigenvalue weighted by atomic mass is 9.48. The first-order valence-corrected chi connectivity index (χ1v) is 10.3. The molecule has 2 unspecified atom stereocenters. The molecule has 4 saturated carbocycles. The average molecular weight is 297 g/mol. The lowest BCUT2D eigenvalue weighted by Crippen LogP contribution is -2.63. The summed E-state index contributed by atoms with van der Waals surface area (Å²) in [5.74, 6) is 3.44. The predicted molar refractivity (Wildman–Crippen MR) is 80.3 cm³/mol. The molecule has 1 N–H and O–H groups in total. The molecule has 114 valence electrons. The zero-order chi connectivity index (χ0) is 14.0. The lowest BCUT2D eigenvalue weighted by molar-refractivity contribution is -0.0719. The van der Waals surface area contributed by atoms with E-state index in [0.717, 1.165) is 24.2 Å². The highest BCUT2D eigenvalue weighted by Gasteiger charge is 2.55. The highest BCUT2D eigenvalue weighted by atomic mass is 32.2. The average Bonchev–Trinajstić information content (AvgIpc) is 2.35. The molecule has 1 saturated heterocycles. The van der Waals surface area contributed by atoms with E-state index in [1.54, 1.807) is 0 Å². The summed E-state index contributed by atoms with van der Waals surface area (Å²) in [5, 5.41) is 3.74. The van der Waals surface area contributed by atoms with Crippen LogP contribution in [0.25, 0.3) is 0 Å². The normalized spacial score (nSPS) is 53.1. The van der Waals surface area contributed by atoms with Gasteiger partial charge in [-0.2, -0.15) is 0 Å². The number of sulfone groups is 1. The molecule has 3 nitrogen and oxygen atoms in total. The molecule has 0 aromatic carbocycles. The van der Waals surface area contributed by atoms with Crippen molar-refractivity contribution >= 4 is 9.84 Å². The SMILES string of the molecule is CCC1CS(=O)(=O)CC(C23CC4CC(CC(C4)C2)C3)N1. The van der Waals surface area contributed by atoms with Gasteiger partial charge in [-0.05, 0) is 68.1 Å². The Kier molecular flexibility index (Phi) is 3.02. The molecule has 0 amide bonds. The van der Waals surface area contributed by atoms with E-state index in [-0.39, 0.29) is 12.1 Å². The molecule has 0 aromatic rings. The smallest absolute Gasteiger partial charge is 0.153 e. The molecule has 5 aliphatic rings. The molecule has 5 fully saturated rings. The van der Waals surface area contributed by atoms with E-state index in [2.05, 4.69) is 12.2 Å². The third-order valence-corrected chi connectivity index (χ3v) is 8.38. The molecule has 4 heteroatoms. The van der Waals surface area contributed by atoms with Gasteiger partial charge < -0.3 is 5.32 Å². The summed E-state index contributed by atoms with van der Waals surface area (Å²) in [6.45, 7) is 2.11. The van der Waals surface area contributed by atoms with E-state index < -0.39 is 9.84 Å². The second-order valence-corrected chi connectivity index (χ2v) is 10.3. The minimum atomic E-state index is -2.85. The summed E-state index contributed by atoms with van der Waals surface area (Å²) < 4.78 is 24.6. The quantitative estimate of drug-likeness (QED) is 0.851. The van der Waals surface area contributed by atoms with Crippen LogP contribution in [0.3, 0.4) is 0 Å². The van der Waals surface area contributed by atoms with Crippen LogP contribution >= 0.6 is 0 Å². The zero-order valence-electron chi connectivity index (χ0n) is 12.5. The van der Waals surface area contributed by atoms with Crippen molar-refractivity contribution in [2.75, 3.05) is 11.5 Å². The van der Waals surface area contributed by atoms with Gasteiger partial charge in [-0.3, -0.25) is 0 Å². The molecule has 5 rings (SSSR count). The van der Waals surface area contributed by atoms with Gasteiger partial charge in [-0.1, -0.05) is 6.92 Å². The van der Waals surface area contributed by atoms with Crippen LogP contribution in [0, 0.1) is 23.2 Å². The van der Waals surface area contributed by atoms with Crippen LogP contribution in [0.15, 0.2) is 0 Å². The first-order chi connectivity index (χ1) is 9.48. The third-order valence-electron chi connectivity index (χ3n) is 6.63. The van der Waals surface area contributed by atoms with E-state index in [1.165, 1.54) is 38.5 Å². The molecule has 1 heterocycles. The van der Waals surface area contributed by atoms with Crippen LogP contribution in [-0.4, -0.2) is 32.0 Å². The highest BCUT2D eigenvalue weighted by Crippen LogP contribution is 2.61. The van der Waals surface area contributed by atoms with Gasteiger partial charge in [0.15, 0.2) is 9.84 Å². The lowest BCUT2D eigenvalue weighted by Gasteiger charge is -2.60. The van der Waals surface area contributed by atoms with Crippen LogP contribution < -0.4 is 5.32 Å². The Morgan fingerprint density at radius 1 is 1.00 bits per heavy atom. The fraction of sp³-hybridized carbons (Fsp3) is 1.00. The van der Waals surface area contributed by atoms with Crippen molar-refractivity contribution in [1.82, 2.24) is 5.32 Å². The minimum Gasteiger partial charge on any atom is -0.309 e. The molecule has 0 radical (unpaired) electrons. The van der Waals surface area contributed by atoms with Crippen LogP contribution in [0.2, 0.25) is 0 Å². The number of hydrogen-bond donors (Lipinski definition) is 1. The Balaban J connectivity index is 1.63. The third kappa shape index (κ3) is 2.14. The maximum Gasteiger partial charge on any atom is 0.153 e. The molecule has 1 aliphatic heterocycles. The summed E-state index contributed by atoms with van der Waals surface area (Å²) in [6.07, 6.45) is 9.09. The van der Waals surface area contributed by atoms with E-state index in [4.69, 9.17) is 0 Å². The maximum absolute atomic E-state index is 12.3. The monoisotopic (exact) mass is 297 g/mol. The molecule has 2 atom stereocenters. The first-order valence-electron chi connectivity index (χ1n) is 8.44. The van der Waals surface area contributed by atoms with Gasteiger partial charge in [-0.25, -0.2) is 8.42 Å². The largest absolute Gasteiger partial charge is 0.309 e. The van der Waals surface area contributed by atoms with Crippen LogP contribution in [0.1, 0.15) is 51.9 Å². The molecule has 0 aromatic heterocycles. The standard InChI is InChI=1S/C16H27NO2S/c1-2-14-9-20(18,19)10-15(17-14)16-6-11-3-12(7-16)5-13(4-11)8-16/h11-15,17H,2-10H2,1H3. The van der Waals surface area contributed by atoms with Crippen molar-refractivity contribution in [3.63, 3.8) is 0 Å². The van der Waals surface area contributed by atoms with Gasteiger partial charge in [0.2, 0.25) is 0 Å². The van der Waals surface area contributed by atoms with Gasteiger partial charge in [-0.15, -0.1) is 0 Å². The second kappa shape index (κ2) is 4.45. The minimum absolute atomic E-state index is 0.187. The first kappa shape index (κ1) is 13.6. The molecular weight excluding hydrogens is 270 g/mol. The van der Waals surface area contributed by atoms with Crippen molar-refractivity contribution in [1.29, 1.82) is 0 Å². The molecule has 0 spiro atoms. The van der Waals surface area contributed by atoms with Gasteiger partial charge in [0.05, 0.1) is 11.5 Å². The van der Waals surface area contributed by atoms with Crippen molar-refractivity contribution in [3.05, 3.63) is 0 Å². The Labute approximate surface area is 122 Å². The van der Waals surface area contributed by atoms with Crippen molar-refractivity contribution in [3.8, 4) is 0 Å². The van der Waals surface area contributed by atoms with Crippen LogP contribution in [-0.2, 0) is 9.84 Å². The Hall–Kier alpha value is -0.0900. The number of hydrogen-bond acceptors (Lipinski definition) is 3. The van der Waals surface area contributed by atoms with Crippen LogP contribution in [0.5, 0.6) is 0 Å². The fourth-order valence-electron chi connectivity index (χ4n) is 6.20. The second-order valence-electron chi connectivity index (χ2n) is 8.18. The highest BCUT2D eigenvalue weighted by molar-refractivity contribution is 7.91. The van der Waals surface area contributed by atoms with E-state index in [0.29, 0.717) is 16.9 Å². The van der Waals surface area contributed by atoms with E-state index >= 15 is 0 Å². The summed E-state index contributed by atoms with van der Waals surface area (Å²) in [7, 11) is -2.85. The maximum atomic E-state index is 12.3. The van der Waals surface area contributed by atoms with Gasteiger partial charge in [0.25, 0.3) is 0 Å². The van der Waals surface area contributed by atoms with Crippen molar-refractivity contribution in [2.45, 2.75) is 64.0 Å².